The molecule has 0 saturated heterocycles. The van der Waals surface area contributed by atoms with Crippen molar-refractivity contribution in [1.82, 2.24) is 9.97 Å². The van der Waals surface area contributed by atoms with Crippen LogP contribution >= 0.6 is 0 Å². The molecule has 1 aromatic rings. The lowest BCUT2D eigenvalue weighted by Crippen LogP contribution is -2.18. The summed E-state index contributed by atoms with van der Waals surface area (Å²) >= 11 is 0. The third-order valence-corrected chi connectivity index (χ3v) is 2.37. The molecule has 0 unspecified atom stereocenters. The number of rotatable bonds is 4. The Morgan fingerprint density at radius 3 is 2.75 bits per heavy atom. The predicted octanol–water partition coefficient (Wildman–Crippen LogP) is 1.56. The second-order valence-corrected chi connectivity index (χ2v) is 4.15. The first-order chi connectivity index (χ1) is 7.54. The summed E-state index contributed by atoms with van der Waals surface area (Å²) in [5, 5.41) is 10.7. The summed E-state index contributed by atoms with van der Waals surface area (Å²) in [7, 11) is 0. The molecule has 0 amide bonds. The van der Waals surface area contributed by atoms with Gasteiger partial charge in [-0.15, -0.1) is 0 Å². The summed E-state index contributed by atoms with van der Waals surface area (Å²) in [6.07, 6.45) is 3.40. The molecule has 1 rings (SSSR count). The van der Waals surface area contributed by atoms with Crippen LogP contribution in [-0.4, -0.2) is 9.97 Å². The van der Waals surface area contributed by atoms with Gasteiger partial charge in [0.15, 0.2) is 6.19 Å². The summed E-state index contributed by atoms with van der Waals surface area (Å²) in [5.41, 5.74) is 1.23. The number of aromatic amines is 1. The summed E-state index contributed by atoms with van der Waals surface area (Å²) in [5.74, 6) is 0.758. The highest BCUT2D eigenvalue weighted by Crippen LogP contribution is 2.09. The predicted molar refractivity (Wildman–Crippen MR) is 62.0 cm³/mol. The van der Waals surface area contributed by atoms with Gasteiger partial charge >= 0.3 is 0 Å². The SMILES string of the molecule is Cc1nc(NC#N)[nH]c(=O)c1CCC(C)C. The number of anilines is 1. The van der Waals surface area contributed by atoms with Gasteiger partial charge in [0.05, 0.1) is 0 Å². The quantitative estimate of drug-likeness (QED) is 0.596. The van der Waals surface area contributed by atoms with Gasteiger partial charge in [0.1, 0.15) is 0 Å². The first-order valence-corrected chi connectivity index (χ1v) is 5.29. The van der Waals surface area contributed by atoms with Gasteiger partial charge in [0.25, 0.3) is 5.56 Å². The highest BCUT2D eigenvalue weighted by Gasteiger charge is 2.08. The fourth-order valence-corrected chi connectivity index (χ4v) is 1.45. The maximum absolute atomic E-state index is 11.7. The molecular weight excluding hydrogens is 204 g/mol. The Labute approximate surface area is 94.5 Å². The van der Waals surface area contributed by atoms with E-state index in [0.717, 1.165) is 12.8 Å². The molecule has 5 nitrogen and oxygen atoms in total. The first kappa shape index (κ1) is 12.2. The minimum absolute atomic E-state index is 0.161. The van der Waals surface area contributed by atoms with Crippen molar-refractivity contribution >= 4 is 5.95 Å². The molecule has 2 N–H and O–H groups in total. The number of nitriles is 1. The normalized spacial score (nSPS) is 10.2. The van der Waals surface area contributed by atoms with E-state index in [0.29, 0.717) is 17.2 Å². The van der Waals surface area contributed by atoms with Crippen molar-refractivity contribution in [2.24, 2.45) is 5.92 Å². The Bertz CT molecular complexity index is 456. The number of nitrogens with zero attached hydrogens (tertiary/aromatic N) is 2. The molecular formula is C11H16N4O. The van der Waals surface area contributed by atoms with E-state index < -0.39 is 0 Å². The maximum atomic E-state index is 11.7. The maximum Gasteiger partial charge on any atom is 0.255 e. The van der Waals surface area contributed by atoms with E-state index in [4.69, 9.17) is 5.26 Å². The summed E-state index contributed by atoms with van der Waals surface area (Å²) in [6, 6.07) is 0. The van der Waals surface area contributed by atoms with E-state index >= 15 is 0 Å². The lowest BCUT2D eigenvalue weighted by Gasteiger charge is -2.07. The number of aryl methyl sites for hydroxylation is 1. The van der Waals surface area contributed by atoms with Crippen molar-refractivity contribution < 1.29 is 0 Å². The van der Waals surface area contributed by atoms with Gasteiger partial charge in [-0.25, -0.2) is 4.98 Å². The molecule has 86 valence electrons. The van der Waals surface area contributed by atoms with Crippen LogP contribution in [0.2, 0.25) is 0 Å². The third kappa shape index (κ3) is 3.09. The average Bonchev–Trinajstić information content (AvgIpc) is 2.16. The molecule has 0 saturated carbocycles. The van der Waals surface area contributed by atoms with Crippen molar-refractivity contribution in [3.63, 3.8) is 0 Å². The van der Waals surface area contributed by atoms with Crippen LogP contribution in [0.5, 0.6) is 0 Å². The fourth-order valence-electron chi connectivity index (χ4n) is 1.45. The van der Waals surface area contributed by atoms with Gasteiger partial charge in [-0.1, -0.05) is 13.8 Å². The number of aromatic nitrogens is 2. The number of H-pyrrole nitrogens is 1. The molecule has 0 aliphatic heterocycles. The van der Waals surface area contributed by atoms with Crippen LogP contribution in [0.25, 0.3) is 0 Å². The summed E-state index contributed by atoms with van der Waals surface area (Å²) < 4.78 is 0. The molecule has 0 atom stereocenters. The molecule has 0 bridgehead atoms. The molecule has 16 heavy (non-hydrogen) atoms. The fraction of sp³-hybridized carbons (Fsp3) is 0.545. The number of hydrogen-bond acceptors (Lipinski definition) is 4. The zero-order valence-corrected chi connectivity index (χ0v) is 9.79. The number of nitrogens with one attached hydrogen (secondary N) is 2. The van der Waals surface area contributed by atoms with Gasteiger partial charge in [-0.3, -0.25) is 15.1 Å². The highest BCUT2D eigenvalue weighted by atomic mass is 16.1. The van der Waals surface area contributed by atoms with Crippen molar-refractivity contribution in [1.29, 1.82) is 5.26 Å². The second-order valence-electron chi connectivity index (χ2n) is 4.15. The zero-order chi connectivity index (χ0) is 12.1. The number of hydrogen-bond donors (Lipinski definition) is 2. The molecule has 5 heteroatoms. The minimum Gasteiger partial charge on any atom is -0.292 e. The second kappa shape index (κ2) is 5.31. The van der Waals surface area contributed by atoms with E-state index in [1.165, 1.54) is 0 Å². The lowest BCUT2D eigenvalue weighted by molar-refractivity contribution is 0.582. The van der Waals surface area contributed by atoms with Crippen molar-refractivity contribution in [2.75, 3.05) is 5.32 Å². The largest absolute Gasteiger partial charge is 0.292 e. The van der Waals surface area contributed by atoms with Crippen LogP contribution in [0.1, 0.15) is 31.5 Å². The molecule has 0 radical (unpaired) electrons. The Balaban J connectivity index is 2.95. The summed E-state index contributed by atoms with van der Waals surface area (Å²) in [4.78, 5) is 18.4. The van der Waals surface area contributed by atoms with Crippen LogP contribution in [0.4, 0.5) is 5.95 Å². The third-order valence-electron chi connectivity index (χ3n) is 2.37. The minimum atomic E-state index is -0.161. The Morgan fingerprint density at radius 1 is 1.56 bits per heavy atom. The molecule has 1 heterocycles. The first-order valence-electron chi connectivity index (χ1n) is 5.29. The monoisotopic (exact) mass is 220 g/mol. The van der Waals surface area contributed by atoms with Gasteiger partial charge in [-0.2, -0.15) is 5.26 Å². The average molecular weight is 220 g/mol. The van der Waals surface area contributed by atoms with Crippen molar-refractivity contribution in [3.05, 3.63) is 21.6 Å². The topological polar surface area (TPSA) is 81.6 Å². The lowest BCUT2D eigenvalue weighted by atomic mass is 10.0. The van der Waals surface area contributed by atoms with E-state index in [9.17, 15) is 4.79 Å². The van der Waals surface area contributed by atoms with E-state index in [1.807, 2.05) is 0 Å². The van der Waals surface area contributed by atoms with Gasteiger partial charge in [0.2, 0.25) is 5.95 Å². The van der Waals surface area contributed by atoms with E-state index in [-0.39, 0.29) is 11.5 Å². The molecule has 0 aliphatic carbocycles. The van der Waals surface area contributed by atoms with Gasteiger partial charge in [0, 0.05) is 11.3 Å². The van der Waals surface area contributed by atoms with Crippen molar-refractivity contribution in [2.45, 2.75) is 33.6 Å². The summed E-state index contributed by atoms with van der Waals surface area (Å²) in [6.45, 7) is 6.01. The van der Waals surface area contributed by atoms with E-state index in [2.05, 4.69) is 29.1 Å². The van der Waals surface area contributed by atoms with Crippen LogP contribution in [-0.2, 0) is 6.42 Å². The van der Waals surface area contributed by atoms with Crippen LogP contribution in [0, 0.1) is 24.3 Å². The smallest absolute Gasteiger partial charge is 0.255 e. The molecule has 0 aromatic carbocycles. The van der Waals surface area contributed by atoms with Gasteiger partial charge in [-0.05, 0) is 25.7 Å². The molecule has 0 spiro atoms. The standard InChI is InChI=1S/C11H16N4O/c1-7(2)4-5-9-8(3)14-11(13-6-12)15-10(9)16/h7H,4-5H2,1-3H3,(H2,13,14,15,16). The van der Waals surface area contributed by atoms with Crippen LogP contribution < -0.4 is 10.9 Å². The molecule has 0 aliphatic rings. The Morgan fingerprint density at radius 2 is 2.25 bits per heavy atom. The van der Waals surface area contributed by atoms with Crippen molar-refractivity contribution in [3.8, 4) is 6.19 Å². The van der Waals surface area contributed by atoms with Gasteiger partial charge < -0.3 is 0 Å². The van der Waals surface area contributed by atoms with Crippen LogP contribution in [0.3, 0.4) is 0 Å². The van der Waals surface area contributed by atoms with E-state index in [1.54, 1.807) is 13.1 Å². The molecule has 0 fully saturated rings. The zero-order valence-electron chi connectivity index (χ0n) is 9.79. The Hall–Kier alpha value is -1.83. The van der Waals surface area contributed by atoms with Crippen LogP contribution in [0.15, 0.2) is 4.79 Å². The Kier molecular flexibility index (Phi) is 4.06. The highest BCUT2D eigenvalue weighted by molar-refractivity contribution is 5.32. The molecule has 1 aromatic heterocycles.